The summed E-state index contributed by atoms with van der Waals surface area (Å²) in [6.45, 7) is 6.24. The number of hydrogen-bond donors (Lipinski definition) is 1. The fourth-order valence-electron chi connectivity index (χ4n) is 3.55. The van der Waals surface area contributed by atoms with E-state index in [2.05, 4.69) is 26.5 Å². The molecule has 1 aliphatic rings. The van der Waals surface area contributed by atoms with Gasteiger partial charge in [-0.15, -0.1) is 0 Å². The minimum absolute atomic E-state index is 0.665. The van der Waals surface area contributed by atoms with Crippen molar-refractivity contribution in [3.05, 3.63) is 64.8 Å². The van der Waals surface area contributed by atoms with E-state index in [4.69, 9.17) is 21.1 Å². The third kappa shape index (κ3) is 4.73. The SMILES string of the molecule is COc1ccc(/C(C)=N\Nc2ccnc3cc(Cl)ccc23)cc1CN1CCOCC1. The normalized spacial score (nSPS) is 15.4. The number of morpholine rings is 1. The Morgan fingerprint density at radius 3 is 2.83 bits per heavy atom. The largest absolute Gasteiger partial charge is 0.496 e. The van der Waals surface area contributed by atoms with Crippen LogP contribution in [0.1, 0.15) is 18.1 Å². The van der Waals surface area contributed by atoms with Gasteiger partial charge in [0, 0.05) is 41.8 Å². The molecule has 7 heteroatoms. The Morgan fingerprint density at radius 1 is 1.20 bits per heavy atom. The first-order valence-electron chi connectivity index (χ1n) is 9.96. The Balaban J connectivity index is 1.56. The van der Waals surface area contributed by atoms with Gasteiger partial charge >= 0.3 is 0 Å². The molecule has 0 saturated carbocycles. The fraction of sp³-hybridized carbons (Fsp3) is 0.304. The Kier molecular flexibility index (Phi) is 6.47. The van der Waals surface area contributed by atoms with Crippen LogP contribution in [0.3, 0.4) is 0 Å². The van der Waals surface area contributed by atoms with E-state index in [1.807, 2.05) is 43.3 Å². The van der Waals surface area contributed by atoms with Crippen molar-refractivity contribution in [1.29, 1.82) is 0 Å². The number of methoxy groups -OCH3 is 1. The third-order valence-electron chi connectivity index (χ3n) is 5.24. The van der Waals surface area contributed by atoms with Crippen LogP contribution in [0.5, 0.6) is 5.75 Å². The summed E-state index contributed by atoms with van der Waals surface area (Å²) in [5, 5.41) is 6.25. The maximum atomic E-state index is 6.08. The number of nitrogens with zero attached hydrogens (tertiary/aromatic N) is 3. The van der Waals surface area contributed by atoms with Gasteiger partial charge in [0.25, 0.3) is 0 Å². The van der Waals surface area contributed by atoms with E-state index in [9.17, 15) is 0 Å². The molecule has 1 N–H and O–H groups in total. The molecule has 1 fully saturated rings. The van der Waals surface area contributed by atoms with E-state index in [-0.39, 0.29) is 0 Å². The molecule has 0 bridgehead atoms. The number of anilines is 1. The average molecular weight is 425 g/mol. The van der Waals surface area contributed by atoms with Gasteiger partial charge in [-0.05, 0) is 55.0 Å². The summed E-state index contributed by atoms with van der Waals surface area (Å²) in [4.78, 5) is 6.75. The van der Waals surface area contributed by atoms with Crippen LogP contribution in [0.15, 0.2) is 53.8 Å². The van der Waals surface area contributed by atoms with Crippen molar-refractivity contribution in [1.82, 2.24) is 9.88 Å². The Labute approximate surface area is 181 Å². The molecular weight excluding hydrogens is 400 g/mol. The molecule has 156 valence electrons. The summed E-state index contributed by atoms with van der Waals surface area (Å²) in [5.74, 6) is 0.892. The highest BCUT2D eigenvalue weighted by Gasteiger charge is 2.14. The molecule has 3 aromatic rings. The molecule has 1 saturated heterocycles. The van der Waals surface area contributed by atoms with Crippen molar-refractivity contribution in [3.63, 3.8) is 0 Å². The summed E-state index contributed by atoms with van der Waals surface area (Å²) in [5.41, 5.74) is 7.99. The summed E-state index contributed by atoms with van der Waals surface area (Å²) < 4.78 is 11.0. The van der Waals surface area contributed by atoms with Crippen LogP contribution in [0, 0.1) is 0 Å². The smallest absolute Gasteiger partial charge is 0.123 e. The van der Waals surface area contributed by atoms with Crippen LogP contribution < -0.4 is 10.2 Å². The third-order valence-corrected chi connectivity index (χ3v) is 5.48. The first-order chi connectivity index (χ1) is 14.6. The predicted molar refractivity (Wildman–Crippen MR) is 122 cm³/mol. The Morgan fingerprint density at radius 2 is 2.03 bits per heavy atom. The number of fused-ring (bicyclic) bond motifs is 1. The summed E-state index contributed by atoms with van der Waals surface area (Å²) in [6.07, 6.45) is 1.75. The molecule has 4 rings (SSSR count). The molecule has 6 nitrogen and oxygen atoms in total. The lowest BCUT2D eigenvalue weighted by Crippen LogP contribution is -2.35. The Bertz CT molecular complexity index is 1060. The number of nitrogens with one attached hydrogen (secondary N) is 1. The van der Waals surface area contributed by atoms with Crippen molar-refractivity contribution in [2.75, 3.05) is 38.8 Å². The van der Waals surface area contributed by atoms with E-state index >= 15 is 0 Å². The van der Waals surface area contributed by atoms with E-state index in [1.165, 1.54) is 0 Å². The minimum atomic E-state index is 0.665. The number of pyridine rings is 1. The second-order valence-electron chi connectivity index (χ2n) is 7.24. The molecule has 1 aromatic heterocycles. The van der Waals surface area contributed by atoms with Crippen LogP contribution in [-0.4, -0.2) is 49.0 Å². The highest BCUT2D eigenvalue weighted by atomic mass is 35.5. The van der Waals surface area contributed by atoms with Gasteiger partial charge in [0.05, 0.1) is 37.2 Å². The van der Waals surface area contributed by atoms with Gasteiger partial charge < -0.3 is 9.47 Å². The van der Waals surface area contributed by atoms with Gasteiger partial charge in [-0.1, -0.05) is 11.6 Å². The first-order valence-corrected chi connectivity index (χ1v) is 10.3. The van der Waals surface area contributed by atoms with E-state index in [0.29, 0.717) is 5.02 Å². The maximum Gasteiger partial charge on any atom is 0.123 e. The maximum absolute atomic E-state index is 6.08. The van der Waals surface area contributed by atoms with Gasteiger partial charge in [0.2, 0.25) is 0 Å². The molecule has 1 aliphatic heterocycles. The molecule has 0 unspecified atom stereocenters. The molecule has 0 radical (unpaired) electrons. The zero-order valence-corrected chi connectivity index (χ0v) is 17.9. The number of halogens is 1. The second-order valence-corrected chi connectivity index (χ2v) is 7.68. The van der Waals surface area contributed by atoms with Crippen LogP contribution in [0.4, 0.5) is 5.69 Å². The quantitative estimate of drug-likeness (QED) is 0.464. The molecular formula is C23H25ClN4O2. The zero-order chi connectivity index (χ0) is 20.9. The molecule has 30 heavy (non-hydrogen) atoms. The fourth-order valence-corrected chi connectivity index (χ4v) is 3.72. The lowest BCUT2D eigenvalue weighted by Gasteiger charge is -2.27. The lowest BCUT2D eigenvalue weighted by atomic mass is 10.1. The van der Waals surface area contributed by atoms with Crippen molar-refractivity contribution in [3.8, 4) is 5.75 Å². The number of aromatic nitrogens is 1. The van der Waals surface area contributed by atoms with Crippen LogP contribution in [0.25, 0.3) is 10.9 Å². The lowest BCUT2D eigenvalue weighted by molar-refractivity contribution is 0.0339. The minimum Gasteiger partial charge on any atom is -0.496 e. The number of benzene rings is 2. The standard InChI is InChI=1S/C23H25ClN4O2/c1-16(26-27-21-7-8-25-22-14-19(24)4-5-20(21)22)17-3-6-23(29-2)18(13-17)15-28-9-11-30-12-10-28/h3-8,13-14H,9-12,15H2,1-2H3,(H,25,27)/b26-16-. The van der Waals surface area contributed by atoms with Crippen molar-refractivity contribution < 1.29 is 9.47 Å². The predicted octanol–water partition coefficient (Wildman–Crippen LogP) is 4.57. The van der Waals surface area contributed by atoms with Gasteiger partial charge in [0.15, 0.2) is 0 Å². The molecule has 0 atom stereocenters. The van der Waals surface area contributed by atoms with E-state index in [1.54, 1.807) is 13.3 Å². The van der Waals surface area contributed by atoms with Crippen LogP contribution in [-0.2, 0) is 11.3 Å². The van der Waals surface area contributed by atoms with Gasteiger partial charge in [-0.3, -0.25) is 15.3 Å². The molecule has 0 amide bonds. The number of hydrogen-bond acceptors (Lipinski definition) is 6. The number of ether oxygens (including phenoxy) is 2. The summed E-state index contributed by atoms with van der Waals surface area (Å²) >= 11 is 6.08. The number of rotatable bonds is 6. The van der Waals surface area contributed by atoms with Crippen molar-refractivity contribution in [2.45, 2.75) is 13.5 Å². The van der Waals surface area contributed by atoms with E-state index in [0.717, 1.165) is 72.0 Å². The van der Waals surface area contributed by atoms with Gasteiger partial charge in [-0.2, -0.15) is 5.10 Å². The zero-order valence-electron chi connectivity index (χ0n) is 17.2. The molecule has 0 aliphatic carbocycles. The second kappa shape index (κ2) is 9.43. The highest BCUT2D eigenvalue weighted by molar-refractivity contribution is 6.31. The first kappa shape index (κ1) is 20.6. The summed E-state index contributed by atoms with van der Waals surface area (Å²) in [6, 6.07) is 13.8. The molecule has 2 heterocycles. The van der Waals surface area contributed by atoms with Gasteiger partial charge in [-0.25, -0.2) is 0 Å². The van der Waals surface area contributed by atoms with Crippen molar-refractivity contribution in [2.24, 2.45) is 5.10 Å². The van der Waals surface area contributed by atoms with Crippen LogP contribution in [0.2, 0.25) is 5.02 Å². The monoisotopic (exact) mass is 424 g/mol. The van der Waals surface area contributed by atoms with Crippen LogP contribution >= 0.6 is 11.6 Å². The average Bonchev–Trinajstić information content (AvgIpc) is 2.77. The molecule has 2 aromatic carbocycles. The van der Waals surface area contributed by atoms with Gasteiger partial charge in [0.1, 0.15) is 5.75 Å². The summed E-state index contributed by atoms with van der Waals surface area (Å²) in [7, 11) is 1.71. The number of hydrazone groups is 1. The van der Waals surface area contributed by atoms with Crippen molar-refractivity contribution >= 4 is 33.9 Å². The van der Waals surface area contributed by atoms with E-state index < -0.39 is 0 Å². The topological polar surface area (TPSA) is 59.0 Å². The highest BCUT2D eigenvalue weighted by Crippen LogP contribution is 2.25. The Hall–Kier alpha value is -2.67. The molecule has 0 spiro atoms.